The molecular weight excluding hydrogens is 625 g/mol. The van der Waals surface area contributed by atoms with E-state index in [9.17, 15) is 0 Å². The van der Waals surface area contributed by atoms with Crippen molar-refractivity contribution in [1.82, 2.24) is 0 Å². The molecule has 0 aliphatic heterocycles. The average molecular weight is 677 g/mol. The van der Waals surface area contributed by atoms with Crippen molar-refractivity contribution in [3.63, 3.8) is 0 Å². The van der Waals surface area contributed by atoms with Crippen LogP contribution in [0.4, 0.5) is 11.4 Å². The summed E-state index contributed by atoms with van der Waals surface area (Å²) in [6.45, 7) is 26.3. The molecule has 6 rings (SSSR count). The van der Waals surface area contributed by atoms with Crippen LogP contribution in [0.15, 0.2) is 90.2 Å². The zero-order chi connectivity index (χ0) is 36.7. The maximum atomic E-state index is 5.16. The van der Waals surface area contributed by atoms with Gasteiger partial charge in [0.25, 0.3) is 0 Å². The third kappa shape index (κ3) is 7.45. The van der Waals surface area contributed by atoms with Gasteiger partial charge in [0.1, 0.15) is 5.69 Å². The summed E-state index contributed by atoms with van der Waals surface area (Å²) in [6, 6.07) is 31.3. The Morgan fingerprint density at radius 2 is 0.635 bits per heavy atom. The zero-order valence-electron chi connectivity index (χ0n) is 33.5. The van der Waals surface area contributed by atoms with Crippen LogP contribution in [0.5, 0.6) is 0 Å². The molecule has 0 saturated heterocycles. The van der Waals surface area contributed by atoms with Crippen LogP contribution in [-0.2, 0) is 0 Å². The van der Waals surface area contributed by atoms with E-state index in [-0.39, 0.29) is 18.9 Å². The van der Waals surface area contributed by atoms with Crippen molar-refractivity contribution in [3.8, 4) is 44.5 Å². The molecule has 0 fully saturated rings. The second kappa shape index (κ2) is 15.5. The predicted molar refractivity (Wildman–Crippen MR) is 218 cm³/mol. The standard InChI is InChI=1S/C48H50N3.Li/c1-27-19-31(5)43(32(6)20-27)39-15-13-16-40(44-33(7)21-28(2)22-34(44)8)47(39)49-51-50-48-41(45-35(9)23-29(3)24-36(45)10)17-14-18-42(48)46-37(11)25-30(4)26-38(46)12;/h13-26H,1-12H3;/q-1;+1/p+1. The van der Waals surface area contributed by atoms with E-state index in [1.807, 2.05) is 0 Å². The molecule has 3 nitrogen and oxygen atoms in total. The van der Waals surface area contributed by atoms with Crippen molar-refractivity contribution in [1.29, 1.82) is 0 Å². The van der Waals surface area contributed by atoms with Crippen LogP contribution in [0, 0.1) is 83.1 Å². The molecule has 52 heavy (non-hydrogen) atoms. The van der Waals surface area contributed by atoms with Crippen molar-refractivity contribution in [3.05, 3.63) is 157 Å². The van der Waals surface area contributed by atoms with E-state index in [0.717, 1.165) is 33.6 Å². The van der Waals surface area contributed by atoms with E-state index < -0.39 is 0 Å². The SMILES string of the molecule is Cc1cc(C)c(-c2cccc(-c3c(C)cc(C)cc3C)c2[N-]N=[NH+]c2c(-c3c(C)cc(C)cc3C)cccc2-c2c(C)cc(C)cc2C)c(C)c1.[Li+]. The van der Waals surface area contributed by atoms with E-state index >= 15 is 0 Å². The van der Waals surface area contributed by atoms with Gasteiger partial charge in [-0.3, -0.25) is 5.11 Å². The quantitative estimate of drug-likeness (QED) is 0.0994. The average Bonchev–Trinajstić information content (AvgIpc) is 3.01. The van der Waals surface area contributed by atoms with Gasteiger partial charge in [0.05, 0.1) is 5.69 Å². The minimum absolute atomic E-state index is 0. The van der Waals surface area contributed by atoms with Gasteiger partial charge < -0.3 is 0 Å². The fourth-order valence-electron chi connectivity index (χ4n) is 8.69. The fraction of sp³-hybridized carbons (Fsp3) is 0.250. The van der Waals surface area contributed by atoms with Gasteiger partial charge in [-0.25, -0.2) is 0 Å². The van der Waals surface area contributed by atoms with E-state index in [1.165, 1.54) is 89.0 Å². The Morgan fingerprint density at radius 3 is 0.923 bits per heavy atom. The van der Waals surface area contributed by atoms with Crippen molar-refractivity contribution in [2.24, 2.45) is 5.22 Å². The van der Waals surface area contributed by atoms with E-state index in [4.69, 9.17) is 10.6 Å². The molecule has 6 aromatic rings. The number of nitrogens with one attached hydrogen (secondary N) is 1. The van der Waals surface area contributed by atoms with Crippen molar-refractivity contribution in [2.45, 2.75) is 83.1 Å². The molecule has 0 heterocycles. The van der Waals surface area contributed by atoms with Gasteiger partial charge in [-0.1, -0.05) is 112 Å². The van der Waals surface area contributed by atoms with Gasteiger partial charge >= 0.3 is 18.9 Å². The molecule has 0 spiro atoms. The second-order valence-electron chi connectivity index (χ2n) is 14.8. The van der Waals surface area contributed by atoms with Crippen LogP contribution < -0.4 is 24.0 Å². The maximum Gasteiger partial charge on any atom is 1.00 e. The Bertz CT molecular complexity index is 2120. The molecule has 0 unspecified atom stereocenters. The number of hydrogen-bond acceptors (Lipinski definition) is 1. The Balaban J connectivity index is 0.00000523. The van der Waals surface area contributed by atoms with Crippen LogP contribution in [0.3, 0.4) is 0 Å². The molecule has 0 aromatic heterocycles. The number of aryl methyl sites for hydroxylation is 12. The Hall–Kier alpha value is -4.68. The molecule has 0 atom stereocenters. The number of nitrogens with zero attached hydrogens (tertiary/aromatic N) is 2. The van der Waals surface area contributed by atoms with Crippen LogP contribution in [0.25, 0.3) is 49.9 Å². The van der Waals surface area contributed by atoms with Gasteiger partial charge in [0, 0.05) is 22.3 Å². The Kier molecular flexibility index (Phi) is 11.5. The summed E-state index contributed by atoms with van der Waals surface area (Å²) in [5, 5.41) is 8.50. The summed E-state index contributed by atoms with van der Waals surface area (Å²) in [5.41, 5.74) is 31.2. The Morgan fingerprint density at radius 1 is 0.385 bits per heavy atom. The van der Waals surface area contributed by atoms with Gasteiger partial charge in [-0.15, -0.1) is 5.43 Å². The summed E-state index contributed by atoms with van der Waals surface area (Å²) >= 11 is 0. The fourth-order valence-corrected chi connectivity index (χ4v) is 8.69. The molecule has 258 valence electrons. The van der Waals surface area contributed by atoms with E-state index in [1.54, 1.807) is 0 Å². The van der Waals surface area contributed by atoms with Crippen molar-refractivity contribution >= 4 is 11.4 Å². The number of benzene rings is 6. The van der Waals surface area contributed by atoms with Gasteiger partial charge in [0.15, 0.2) is 0 Å². The maximum absolute atomic E-state index is 5.16. The first-order valence-corrected chi connectivity index (χ1v) is 18.0. The molecule has 0 aliphatic rings. The molecular formula is C48H51LiN3+. The molecule has 1 N–H and O–H groups in total. The summed E-state index contributed by atoms with van der Waals surface area (Å²) in [7, 11) is 0. The number of para-hydroxylation sites is 1. The van der Waals surface area contributed by atoms with Crippen LogP contribution in [-0.4, -0.2) is 0 Å². The van der Waals surface area contributed by atoms with E-state index in [2.05, 4.69) is 173 Å². The first-order chi connectivity index (χ1) is 24.2. The van der Waals surface area contributed by atoms with Crippen molar-refractivity contribution < 1.29 is 24.0 Å². The van der Waals surface area contributed by atoms with Crippen LogP contribution in [0.1, 0.15) is 66.8 Å². The van der Waals surface area contributed by atoms with Gasteiger partial charge in [-0.2, -0.15) is 0 Å². The van der Waals surface area contributed by atoms with Gasteiger partial charge in [-0.05, 0) is 150 Å². The number of rotatable bonds is 7. The molecule has 6 aromatic carbocycles. The predicted octanol–water partition coefficient (Wildman–Crippen LogP) is 9.84. The summed E-state index contributed by atoms with van der Waals surface area (Å²) in [6.07, 6.45) is 0. The monoisotopic (exact) mass is 676 g/mol. The largest absolute Gasteiger partial charge is 1.00 e. The topological polar surface area (TPSA) is 40.4 Å². The molecule has 4 heteroatoms. The van der Waals surface area contributed by atoms with E-state index in [0.29, 0.717) is 0 Å². The van der Waals surface area contributed by atoms with Gasteiger partial charge in [0.2, 0.25) is 0 Å². The molecule has 0 radical (unpaired) electrons. The molecule has 0 amide bonds. The number of hydrogen-bond donors (Lipinski definition) is 1. The smallest absolute Gasteiger partial charge is 0.259 e. The molecule has 0 aliphatic carbocycles. The molecule has 0 saturated carbocycles. The third-order valence-corrected chi connectivity index (χ3v) is 10.2. The normalized spacial score (nSPS) is 11.2. The first-order valence-electron chi connectivity index (χ1n) is 18.0. The molecule has 0 bridgehead atoms. The van der Waals surface area contributed by atoms with Crippen molar-refractivity contribution in [2.75, 3.05) is 0 Å². The van der Waals surface area contributed by atoms with Crippen LogP contribution in [0.2, 0.25) is 0 Å². The Labute approximate surface area is 323 Å². The minimum Gasteiger partial charge on any atom is -0.259 e. The zero-order valence-corrected chi connectivity index (χ0v) is 33.5. The summed E-state index contributed by atoms with van der Waals surface area (Å²) < 4.78 is 0. The third-order valence-electron chi connectivity index (χ3n) is 10.2. The summed E-state index contributed by atoms with van der Waals surface area (Å²) in [4.78, 5) is 0. The summed E-state index contributed by atoms with van der Waals surface area (Å²) in [5.74, 6) is 0. The second-order valence-corrected chi connectivity index (χ2v) is 14.8. The first kappa shape index (κ1) is 38.5. The minimum atomic E-state index is 0. The van der Waals surface area contributed by atoms with Crippen LogP contribution >= 0.6 is 0 Å².